The number of methoxy groups -OCH3 is 1. The molecular formula is C12H16O5S. The average Bonchev–Trinajstić information content (AvgIpc) is 2.34. The molecule has 6 heteroatoms. The Morgan fingerprint density at radius 1 is 1.39 bits per heavy atom. The Balaban J connectivity index is 3.68. The molecule has 0 spiro atoms. The number of hydrogen-bond acceptors (Lipinski definition) is 5. The highest BCUT2D eigenvalue weighted by Gasteiger charge is 2.23. The molecule has 100 valence electrons. The summed E-state index contributed by atoms with van der Waals surface area (Å²) >= 11 is 0. The molecule has 1 aromatic rings. The Morgan fingerprint density at radius 2 is 2.00 bits per heavy atom. The summed E-state index contributed by atoms with van der Waals surface area (Å²) in [4.78, 5) is 11.6. The first-order chi connectivity index (χ1) is 8.36. The molecular weight excluding hydrogens is 256 g/mol. The van der Waals surface area contributed by atoms with Crippen LogP contribution in [-0.2, 0) is 27.6 Å². The summed E-state index contributed by atoms with van der Waals surface area (Å²) in [6.07, 6.45) is 1.42. The second kappa shape index (κ2) is 5.49. The van der Waals surface area contributed by atoms with Gasteiger partial charge < -0.3 is 9.84 Å². The normalized spacial score (nSPS) is 11.3. The van der Waals surface area contributed by atoms with Gasteiger partial charge in [-0.1, -0.05) is 13.0 Å². The van der Waals surface area contributed by atoms with Crippen molar-refractivity contribution in [3.8, 4) is 0 Å². The van der Waals surface area contributed by atoms with E-state index in [9.17, 15) is 18.3 Å². The molecule has 0 saturated heterocycles. The first kappa shape index (κ1) is 14.7. The molecule has 0 fully saturated rings. The van der Waals surface area contributed by atoms with E-state index in [4.69, 9.17) is 0 Å². The summed E-state index contributed by atoms with van der Waals surface area (Å²) in [5.41, 5.74) is 0.899. The van der Waals surface area contributed by atoms with Crippen LogP contribution >= 0.6 is 0 Å². The van der Waals surface area contributed by atoms with Crippen LogP contribution in [0, 0.1) is 0 Å². The van der Waals surface area contributed by atoms with Crippen molar-refractivity contribution in [3.05, 3.63) is 28.8 Å². The highest BCUT2D eigenvalue weighted by Crippen LogP contribution is 2.25. The van der Waals surface area contributed by atoms with E-state index in [2.05, 4.69) is 4.74 Å². The minimum Gasteiger partial charge on any atom is -0.465 e. The summed E-state index contributed by atoms with van der Waals surface area (Å²) in [5.74, 6) is -0.582. The number of esters is 1. The van der Waals surface area contributed by atoms with Gasteiger partial charge in [-0.2, -0.15) is 0 Å². The first-order valence-electron chi connectivity index (χ1n) is 5.40. The third kappa shape index (κ3) is 2.70. The lowest BCUT2D eigenvalue weighted by atomic mass is 10.0. The fourth-order valence-corrected chi connectivity index (χ4v) is 3.23. The van der Waals surface area contributed by atoms with Crippen LogP contribution in [0.5, 0.6) is 0 Å². The smallest absolute Gasteiger partial charge is 0.338 e. The molecule has 1 aromatic carbocycles. The third-order valence-electron chi connectivity index (χ3n) is 2.64. The molecule has 0 aliphatic rings. The molecule has 0 amide bonds. The SMILES string of the molecule is CCc1c(C(=O)OC)ccc(CO)c1S(C)(=O)=O. The molecule has 1 rings (SSSR count). The van der Waals surface area contributed by atoms with Crippen LogP contribution < -0.4 is 0 Å². The summed E-state index contributed by atoms with van der Waals surface area (Å²) in [7, 11) is -2.28. The van der Waals surface area contributed by atoms with Crippen LogP contribution in [0.4, 0.5) is 0 Å². The molecule has 0 aliphatic heterocycles. The fourth-order valence-electron chi connectivity index (χ4n) is 1.91. The van der Waals surface area contributed by atoms with Gasteiger partial charge in [0, 0.05) is 6.26 Å². The predicted octanol–water partition coefficient (Wildman–Crippen LogP) is 0.931. The Bertz CT molecular complexity index is 560. The van der Waals surface area contributed by atoms with Gasteiger partial charge in [0.15, 0.2) is 9.84 Å². The second-order valence-electron chi connectivity index (χ2n) is 3.86. The van der Waals surface area contributed by atoms with E-state index in [-0.39, 0.29) is 10.5 Å². The van der Waals surface area contributed by atoms with E-state index < -0.39 is 22.4 Å². The van der Waals surface area contributed by atoms with Gasteiger partial charge in [0.2, 0.25) is 0 Å². The second-order valence-corrected chi connectivity index (χ2v) is 5.81. The summed E-state index contributed by atoms with van der Waals surface area (Å²) < 4.78 is 28.2. The van der Waals surface area contributed by atoms with Gasteiger partial charge in [0.1, 0.15) is 0 Å². The van der Waals surface area contributed by atoms with Gasteiger partial charge in [-0.15, -0.1) is 0 Å². The standard InChI is InChI=1S/C12H16O5S/c1-4-9-10(12(14)17-2)6-5-8(7-13)11(9)18(3,15)16/h5-6,13H,4,7H2,1-3H3. The van der Waals surface area contributed by atoms with Crippen molar-refractivity contribution < 1.29 is 23.1 Å². The Labute approximate surface area is 106 Å². The maximum atomic E-state index is 11.8. The largest absolute Gasteiger partial charge is 0.465 e. The van der Waals surface area contributed by atoms with Gasteiger partial charge in [-0.05, 0) is 23.6 Å². The van der Waals surface area contributed by atoms with E-state index in [0.717, 1.165) is 6.26 Å². The molecule has 0 radical (unpaired) electrons. The Kier molecular flexibility index (Phi) is 4.48. The summed E-state index contributed by atoms with van der Waals surface area (Å²) in [6, 6.07) is 2.91. The molecule has 0 bridgehead atoms. The molecule has 1 N–H and O–H groups in total. The van der Waals surface area contributed by atoms with E-state index in [1.54, 1.807) is 6.92 Å². The van der Waals surface area contributed by atoms with Gasteiger partial charge in [0.05, 0.1) is 24.2 Å². The Hall–Kier alpha value is -1.40. The fraction of sp³-hybridized carbons (Fsp3) is 0.417. The number of sulfone groups is 1. The van der Waals surface area contributed by atoms with Crippen LogP contribution in [0.25, 0.3) is 0 Å². The molecule has 0 aliphatic carbocycles. The van der Waals surface area contributed by atoms with Gasteiger partial charge in [-0.3, -0.25) is 0 Å². The van der Waals surface area contributed by atoms with Crippen LogP contribution in [-0.4, -0.2) is 32.9 Å². The molecule has 0 unspecified atom stereocenters. The summed E-state index contributed by atoms with van der Waals surface area (Å²) in [5, 5.41) is 9.21. The topological polar surface area (TPSA) is 80.7 Å². The van der Waals surface area contributed by atoms with Crippen molar-refractivity contribution in [1.29, 1.82) is 0 Å². The summed E-state index contributed by atoms with van der Waals surface area (Å²) in [6.45, 7) is 1.36. The number of aliphatic hydroxyl groups excluding tert-OH is 1. The van der Waals surface area contributed by atoms with Crippen molar-refractivity contribution in [3.63, 3.8) is 0 Å². The Morgan fingerprint density at radius 3 is 2.39 bits per heavy atom. The van der Waals surface area contributed by atoms with Crippen molar-refractivity contribution in [2.45, 2.75) is 24.8 Å². The number of rotatable bonds is 4. The minimum atomic E-state index is -3.52. The highest BCUT2D eigenvalue weighted by atomic mass is 32.2. The van der Waals surface area contributed by atoms with Crippen molar-refractivity contribution in [2.75, 3.05) is 13.4 Å². The number of hydrogen-bond donors (Lipinski definition) is 1. The lowest BCUT2D eigenvalue weighted by Crippen LogP contribution is -2.13. The average molecular weight is 272 g/mol. The maximum Gasteiger partial charge on any atom is 0.338 e. The molecule has 5 nitrogen and oxygen atoms in total. The molecule has 0 saturated carbocycles. The van der Waals surface area contributed by atoms with Gasteiger partial charge in [-0.25, -0.2) is 13.2 Å². The number of carbonyl (C=O) groups is 1. The lowest BCUT2D eigenvalue weighted by molar-refractivity contribution is 0.0599. The zero-order valence-electron chi connectivity index (χ0n) is 10.6. The zero-order valence-corrected chi connectivity index (χ0v) is 11.4. The molecule has 0 heterocycles. The molecule has 0 aromatic heterocycles. The van der Waals surface area contributed by atoms with Gasteiger partial charge >= 0.3 is 5.97 Å². The van der Waals surface area contributed by atoms with E-state index in [1.165, 1.54) is 19.2 Å². The molecule has 18 heavy (non-hydrogen) atoms. The van der Waals surface area contributed by atoms with Crippen LogP contribution in [0.3, 0.4) is 0 Å². The van der Waals surface area contributed by atoms with Crippen LogP contribution in [0.15, 0.2) is 17.0 Å². The first-order valence-corrected chi connectivity index (χ1v) is 7.29. The minimum absolute atomic E-state index is 0.0235. The number of carbonyl (C=O) groups excluding carboxylic acids is 1. The van der Waals surface area contributed by atoms with E-state index >= 15 is 0 Å². The van der Waals surface area contributed by atoms with Crippen LogP contribution in [0.1, 0.15) is 28.4 Å². The highest BCUT2D eigenvalue weighted by molar-refractivity contribution is 7.90. The number of benzene rings is 1. The van der Waals surface area contributed by atoms with Crippen molar-refractivity contribution >= 4 is 15.8 Å². The van der Waals surface area contributed by atoms with E-state index in [1.807, 2.05) is 0 Å². The third-order valence-corrected chi connectivity index (χ3v) is 3.89. The maximum absolute atomic E-state index is 11.8. The van der Waals surface area contributed by atoms with Crippen LogP contribution in [0.2, 0.25) is 0 Å². The predicted molar refractivity (Wildman–Crippen MR) is 66.2 cm³/mol. The molecule has 0 atom stereocenters. The lowest BCUT2D eigenvalue weighted by Gasteiger charge is -2.14. The quantitative estimate of drug-likeness (QED) is 0.825. The number of aliphatic hydroxyl groups is 1. The van der Waals surface area contributed by atoms with Crippen molar-refractivity contribution in [1.82, 2.24) is 0 Å². The number of ether oxygens (including phenoxy) is 1. The zero-order chi connectivity index (χ0) is 13.9. The van der Waals surface area contributed by atoms with Gasteiger partial charge in [0.25, 0.3) is 0 Å². The van der Waals surface area contributed by atoms with Crippen molar-refractivity contribution in [2.24, 2.45) is 0 Å². The van der Waals surface area contributed by atoms with E-state index in [0.29, 0.717) is 17.5 Å². The monoisotopic (exact) mass is 272 g/mol.